The third-order valence-electron chi connectivity index (χ3n) is 3.99. The maximum Gasteiger partial charge on any atom is 0.231 e. The summed E-state index contributed by atoms with van der Waals surface area (Å²) in [6.07, 6.45) is 0. The van der Waals surface area contributed by atoms with Gasteiger partial charge < -0.3 is 24.8 Å². The van der Waals surface area contributed by atoms with Crippen molar-refractivity contribution in [2.24, 2.45) is 0 Å². The second-order valence-electron chi connectivity index (χ2n) is 6.12. The zero-order chi connectivity index (χ0) is 17.8. The number of ether oxygens (including phenoxy) is 3. The number of anilines is 1. The molecule has 1 heterocycles. The van der Waals surface area contributed by atoms with E-state index in [-0.39, 0.29) is 12.8 Å². The Hall–Kier alpha value is -2.47. The molecule has 0 saturated heterocycles. The molecule has 6 heteroatoms. The quantitative estimate of drug-likeness (QED) is 0.793. The van der Waals surface area contributed by atoms with E-state index in [1.807, 2.05) is 37.3 Å². The highest BCUT2D eigenvalue weighted by Gasteiger charge is 2.14. The second kappa shape index (κ2) is 7.61. The highest BCUT2D eigenvalue weighted by Crippen LogP contribution is 2.34. The van der Waals surface area contributed by atoms with Crippen LogP contribution in [0.1, 0.15) is 18.1 Å². The van der Waals surface area contributed by atoms with Gasteiger partial charge in [0.2, 0.25) is 6.79 Å². The van der Waals surface area contributed by atoms with E-state index in [1.54, 1.807) is 0 Å². The molecule has 2 aromatic carbocycles. The lowest BCUT2D eigenvalue weighted by molar-refractivity contribution is 0.174. The normalized spacial score (nSPS) is 13.2. The van der Waals surface area contributed by atoms with Crippen LogP contribution in [0.3, 0.4) is 0 Å². The third kappa shape index (κ3) is 4.54. The number of benzene rings is 2. The molecule has 1 aliphatic rings. The van der Waals surface area contributed by atoms with E-state index >= 15 is 0 Å². The number of hydrogen-bond acceptors (Lipinski definition) is 4. The Morgan fingerprint density at radius 2 is 1.92 bits per heavy atom. The number of rotatable bonds is 5. The average molecular weight is 358 g/mol. The summed E-state index contributed by atoms with van der Waals surface area (Å²) in [5.74, 6) is 2.34. The summed E-state index contributed by atoms with van der Waals surface area (Å²) in [6.45, 7) is 6.96. The molecule has 0 aromatic heterocycles. The maximum absolute atomic E-state index is 5.83. The van der Waals surface area contributed by atoms with Gasteiger partial charge in [0.25, 0.3) is 0 Å². The van der Waals surface area contributed by atoms with E-state index in [2.05, 4.69) is 30.5 Å². The molecule has 1 aliphatic heterocycles. The van der Waals surface area contributed by atoms with Gasteiger partial charge in [-0.25, -0.2) is 0 Å². The minimum absolute atomic E-state index is 0.0654. The molecule has 25 heavy (non-hydrogen) atoms. The molecule has 3 rings (SSSR count). The van der Waals surface area contributed by atoms with Gasteiger partial charge in [0.15, 0.2) is 16.6 Å². The van der Waals surface area contributed by atoms with Gasteiger partial charge in [0.1, 0.15) is 12.4 Å². The Morgan fingerprint density at radius 3 is 2.72 bits per heavy atom. The van der Waals surface area contributed by atoms with E-state index in [4.69, 9.17) is 26.4 Å². The van der Waals surface area contributed by atoms with Crippen molar-refractivity contribution >= 4 is 23.0 Å². The zero-order valence-electron chi connectivity index (χ0n) is 14.6. The second-order valence-corrected chi connectivity index (χ2v) is 6.53. The Bertz CT molecular complexity index is 779. The van der Waals surface area contributed by atoms with Crippen molar-refractivity contribution in [1.82, 2.24) is 5.32 Å². The summed E-state index contributed by atoms with van der Waals surface area (Å²) in [7, 11) is 0. The van der Waals surface area contributed by atoms with Gasteiger partial charge in [-0.05, 0) is 68.4 Å². The van der Waals surface area contributed by atoms with Crippen molar-refractivity contribution in [2.75, 3.05) is 18.7 Å². The van der Waals surface area contributed by atoms with Crippen LogP contribution in [0.25, 0.3) is 0 Å². The van der Waals surface area contributed by atoms with E-state index in [0.717, 1.165) is 22.9 Å². The van der Waals surface area contributed by atoms with Gasteiger partial charge in [-0.3, -0.25) is 0 Å². The number of hydrogen-bond donors (Lipinski definition) is 2. The molecule has 0 bridgehead atoms. The molecule has 0 aliphatic carbocycles. The van der Waals surface area contributed by atoms with Crippen LogP contribution in [0.4, 0.5) is 5.69 Å². The fourth-order valence-corrected chi connectivity index (χ4v) is 2.75. The third-order valence-corrected chi connectivity index (χ3v) is 4.21. The molecule has 0 fully saturated rings. The van der Waals surface area contributed by atoms with Crippen LogP contribution in [0, 0.1) is 13.8 Å². The average Bonchev–Trinajstić information content (AvgIpc) is 3.03. The van der Waals surface area contributed by atoms with E-state index < -0.39 is 0 Å². The largest absolute Gasteiger partial charge is 0.491 e. The molecule has 0 radical (unpaired) electrons. The Morgan fingerprint density at radius 1 is 1.12 bits per heavy atom. The maximum atomic E-state index is 5.83. The molecular formula is C19H22N2O3S. The first-order valence-corrected chi connectivity index (χ1v) is 8.59. The molecule has 0 amide bonds. The van der Waals surface area contributed by atoms with Crippen LogP contribution in [0.2, 0.25) is 0 Å². The van der Waals surface area contributed by atoms with Crippen molar-refractivity contribution in [3.8, 4) is 17.2 Å². The van der Waals surface area contributed by atoms with Crippen LogP contribution in [-0.2, 0) is 0 Å². The molecule has 0 unspecified atom stereocenters. The smallest absolute Gasteiger partial charge is 0.231 e. The minimum atomic E-state index is 0.0654. The molecule has 2 aromatic rings. The lowest BCUT2D eigenvalue weighted by atomic mass is 10.1. The van der Waals surface area contributed by atoms with Crippen LogP contribution in [0.5, 0.6) is 17.2 Å². The standard InChI is InChI=1S/C19H22N2O3S/c1-12-4-6-16(8-13(12)2)22-10-14(3)20-19(25)21-15-5-7-17-18(9-15)24-11-23-17/h4-9,14H,10-11H2,1-3H3,(H2,20,21,25)/t14-/m0/s1. The SMILES string of the molecule is Cc1ccc(OC[C@H](C)NC(=S)Nc2ccc3c(c2)OCO3)cc1C. The lowest BCUT2D eigenvalue weighted by Crippen LogP contribution is -2.39. The summed E-state index contributed by atoms with van der Waals surface area (Å²) in [6, 6.07) is 11.8. The van der Waals surface area contributed by atoms with Gasteiger partial charge in [-0.1, -0.05) is 6.07 Å². The zero-order valence-corrected chi connectivity index (χ0v) is 15.4. The van der Waals surface area contributed by atoms with Gasteiger partial charge in [-0.2, -0.15) is 0 Å². The number of fused-ring (bicyclic) bond motifs is 1. The minimum Gasteiger partial charge on any atom is -0.491 e. The summed E-state index contributed by atoms with van der Waals surface area (Å²) in [4.78, 5) is 0. The predicted octanol–water partition coefficient (Wildman–Crippen LogP) is 3.79. The van der Waals surface area contributed by atoms with Crippen molar-refractivity contribution in [1.29, 1.82) is 0 Å². The van der Waals surface area contributed by atoms with Gasteiger partial charge >= 0.3 is 0 Å². The summed E-state index contributed by atoms with van der Waals surface area (Å²) >= 11 is 5.36. The van der Waals surface area contributed by atoms with Gasteiger partial charge in [0, 0.05) is 11.8 Å². The van der Waals surface area contributed by atoms with Crippen molar-refractivity contribution < 1.29 is 14.2 Å². The van der Waals surface area contributed by atoms with Crippen LogP contribution in [-0.4, -0.2) is 24.6 Å². The molecule has 0 spiro atoms. The van der Waals surface area contributed by atoms with Gasteiger partial charge in [0.05, 0.1) is 6.04 Å². The predicted molar refractivity (Wildman–Crippen MR) is 103 cm³/mol. The van der Waals surface area contributed by atoms with Crippen molar-refractivity contribution in [2.45, 2.75) is 26.8 Å². The topological polar surface area (TPSA) is 51.8 Å². The molecule has 132 valence electrons. The van der Waals surface area contributed by atoms with E-state index in [0.29, 0.717) is 11.7 Å². The number of thiocarbonyl (C=S) groups is 1. The fraction of sp³-hybridized carbons (Fsp3) is 0.316. The lowest BCUT2D eigenvalue weighted by Gasteiger charge is -2.18. The summed E-state index contributed by atoms with van der Waals surface area (Å²) in [5.41, 5.74) is 3.33. The van der Waals surface area contributed by atoms with Gasteiger partial charge in [-0.15, -0.1) is 0 Å². The first kappa shape index (κ1) is 17.4. The number of nitrogens with one attached hydrogen (secondary N) is 2. The highest BCUT2D eigenvalue weighted by atomic mass is 32.1. The van der Waals surface area contributed by atoms with Crippen LogP contribution in [0.15, 0.2) is 36.4 Å². The van der Waals surface area contributed by atoms with E-state index in [1.165, 1.54) is 11.1 Å². The highest BCUT2D eigenvalue weighted by molar-refractivity contribution is 7.80. The molecular weight excluding hydrogens is 336 g/mol. The fourth-order valence-electron chi connectivity index (χ4n) is 2.43. The van der Waals surface area contributed by atoms with Crippen molar-refractivity contribution in [3.63, 3.8) is 0 Å². The Balaban J connectivity index is 1.48. The molecule has 1 atom stereocenters. The first-order chi connectivity index (χ1) is 12.0. The monoisotopic (exact) mass is 358 g/mol. The van der Waals surface area contributed by atoms with E-state index in [9.17, 15) is 0 Å². The molecule has 2 N–H and O–H groups in total. The summed E-state index contributed by atoms with van der Waals surface area (Å²) in [5, 5.41) is 6.90. The van der Waals surface area contributed by atoms with Crippen LogP contribution < -0.4 is 24.8 Å². The molecule has 5 nitrogen and oxygen atoms in total. The van der Waals surface area contributed by atoms with Crippen LogP contribution >= 0.6 is 12.2 Å². The Labute approximate surface area is 153 Å². The summed E-state index contributed by atoms with van der Waals surface area (Å²) < 4.78 is 16.5. The Kier molecular flexibility index (Phi) is 5.28. The first-order valence-electron chi connectivity index (χ1n) is 8.18. The van der Waals surface area contributed by atoms with Crippen molar-refractivity contribution in [3.05, 3.63) is 47.5 Å². The number of aryl methyl sites for hydroxylation is 2. The molecule has 0 saturated carbocycles.